The molecule has 0 aromatic heterocycles. The molecule has 0 aliphatic carbocycles. The minimum Gasteiger partial charge on any atom is -0.496 e. The maximum atomic E-state index is 13.3. The summed E-state index contributed by atoms with van der Waals surface area (Å²) in [5.74, 6) is 0.504. The standard InChI is InChI=1S/C21H32N2O5S/c1-3-22(15-17-10-13-28-16-17)21(24)19-14-18(8-9-20(19)27-2)29(25,26)23-11-6-4-5-7-12-23/h8-9,14,17H,3-7,10-13,15-16H2,1-2H3. The number of nitrogens with zero attached hydrogens (tertiary/aromatic N) is 2. The predicted molar refractivity (Wildman–Crippen MR) is 111 cm³/mol. The summed E-state index contributed by atoms with van der Waals surface area (Å²) in [5.41, 5.74) is 0.296. The lowest BCUT2D eigenvalue weighted by Gasteiger charge is -2.25. The number of sulfonamides is 1. The second kappa shape index (κ2) is 9.91. The predicted octanol–water partition coefficient (Wildman–Crippen LogP) is 2.76. The zero-order valence-electron chi connectivity index (χ0n) is 17.4. The van der Waals surface area contributed by atoms with Crippen molar-refractivity contribution in [3.05, 3.63) is 23.8 Å². The van der Waals surface area contributed by atoms with Crippen LogP contribution in [0.4, 0.5) is 0 Å². The lowest BCUT2D eigenvalue weighted by Crippen LogP contribution is -2.36. The van der Waals surface area contributed by atoms with Gasteiger partial charge >= 0.3 is 0 Å². The molecule has 2 aliphatic heterocycles. The Hall–Kier alpha value is -1.64. The van der Waals surface area contributed by atoms with Gasteiger partial charge in [0.25, 0.3) is 5.91 Å². The van der Waals surface area contributed by atoms with E-state index >= 15 is 0 Å². The van der Waals surface area contributed by atoms with Crippen LogP contribution in [0.5, 0.6) is 5.75 Å². The summed E-state index contributed by atoms with van der Waals surface area (Å²) in [5, 5.41) is 0. The van der Waals surface area contributed by atoms with Crippen LogP contribution < -0.4 is 4.74 Å². The quantitative estimate of drug-likeness (QED) is 0.673. The molecule has 1 aromatic rings. The molecule has 0 N–H and O–H groups in total. The van der Waals surface area contributed by atoms with Crippen LogP contribution >= 0.6 is 0 Å². The fourth-order valence-electron chi connectivity index (χ4n) is 4.01. The Morgan fingerprint density at radius 1 is 1.24 bits per heavy atom. The summed E-state index contributed by atoms with van der Waals surface area (Å²) in [4.78, 5) is 15.2. The highest BCUT2D eigenvalue weighted by molar-refractivity contribution is 7.89. The van der Waals surface area contributed by atoms with Crippen LogP contribution in [0.25, 0.3) is 0 Å². The van der Waals surface area contributed by atoms with Crippen molar-refractivity contribution in [3.8, 4) is 5.75 Å². The summed E-state index contributed by atoms with van der Waals surface area (Å²) in [6.45, 7) is 5.51. The topological polar surface area (TPSA) is 76.2 Å². The summed E-state index contributed by atoms with van der Waals surface area (Å²) in [7, 11) is -2.14. The molecule has 1 aromatic carbocycles. The molecule has 2 heterocycles. The van der Waals surface area contributed by atoms with Crippen molar-refractivity contribution in [1.29, 1.82) is 0 Å². The molecule has 162 valence electrons. The molecule has 2 saturated heterocycles. The number of amides is 1. The van der Waals surface area contributed by atoms with Crippen molar-refractivity contribution in [1.82, 2.24) is 9.21 Å². The highest BCUT2D eigenvalue weighted by Gasteiger charge is 2.29. The highest BCUT2D eigenvalue weighted by Crippen LogP contribution is 2.28. The van der Waals surface area contributed by atoms with E-state index in [9.17, 15) is 13.2 Å². The largest absolute Gasteiger partial charge is 0.496 e. The molecule has 0 radical (unpaired) electrons. The van der Waals surface area contributed by atoms with Gasteiger partial charge in [0.05, 0.1) is 24.2 Å². The van der Waals surface area contributed by atoms with Crippen molar-refractivity contribution in [2.45, 2.75) is 43.9 Å². The maximum absolute atomic E-state index is 13.3. The number of carbonyl (C=O) groups excluding carboxylic acids is 1. The first-order valence-corrected chi connectivity index (χ1v) is 12.0. The van der Waals surface area contributed by atoms with E-state index < -0.39 is 10.0 Å². The van der Waals surface area contributed by atoms with Gasteiger partial charge in [-0.3, -0.25) is 4.79 Å². The van der Waals surface area contributed by atoms with Gasteiger partial charge in [-0.1, -0.05) is 12.8 Å². The van der Waals surface area contributed by atoms with Gasteiger partial charge in [0.2, 0.25) is 10.0 Å². The fraction of sp³-hybridized carbons (Fsp3) is 0.667. The third kappa shape index (κ3) is 5.10. The summed E-state index contributed by atoms with van der Waals surface area (Å²) >= 11 is 0. The van der Waals surface area contributed by atoms with E-state index in [1.807, 2.05) is 6.92 Å². The van der Waals surface area contributed by atoms with Gasteiger partial charge in [0, 0.05) is 38.7 Å². The molecule has 2 fully saturated rings. The van der Waals surface area contributed by atoms with E-state index in [0.29, 0.717) is 50.0 Å². The normalized spacial score (nSPS) is 21.0. The Bertz CT molecular complexity index is 797. The molecule has 0 bridgehead atoms. The van der Waals surface area contributed by atoms with E-state index in [2.05, 4.69) is 0 Å². The van der Waals surface area contributed by atoms with E-state index in [1.165, 1.54) is 19.2 Å². The number of methoxy groups -OCH3 is 1. The minimum atomic E-state index is -3.63. The second-order valence-corrected chi connectivity index (χ2v) is 9.69. The van der Waals surface area contributed by atoms with Crippen molar-refractivity contribution < 1.29 is 22.7 Å². The maximum Gasteiger partial charge on any atom is 0.257 e. The van der Waals surface area contributed by atoms with Gasteiger partial charge in [-0.05, 0) is 44.4 Å². The van der Waals surface area contributed by atoms with Crippen LogP contribution in [-0.4, -0.2) is 70.0 Å². The molecule has 1 unspecified atom stereocenters. The second-order valence-electron chi connectivity index (χ2n) is 7.75. The molecule has 2 aliphatic rings. The zero-order chi connectivity index (χ0) is 20.9. The zero-order valence-corrected chi connectivity index (χ0v) is 18.2. The molecule has 0 spiro atoms. The molecule has 29 heavy (non-hydrogen) atoms. The Labute approximate surface area is 174 Å². The lowest BCUT2D eigenvalue weighted by molar-refractivity contribution is 0.0727. The molecule has 1 atom stereocenters. The Morgan fingerprint density at radius 3 is 2.55 bits per heavy atom. The van der Waals surface area contributed by atoms with E-state index in [4.69, 9.17) is 9.47 Å². The monoisotopic (exact) mass is 424 g/mol. The number of carbonyl (C=O) groups is 1. The molecule has 7 nitrogen and oxygen atoms in total. The smallest absolute Gasteiger partial charge is 0.257 e. The van der Waals surface area contributed by atoms with Crippen LogP contribution in [-0.2, 0) is 14.8 Å². The van der Waals surface area contributed by atoms with Gasteiger partial charge < -0.3 is 14.4 Å². The van der Waals surface area contributed by atoms with E-state index in [0.717, 1.165) is 38.7 Å². The fourth-order valence-corrected chi connectivity index (χ4v) is 5.55. The van der Waals surface area contributed by atoms with Crippen molar-refractivity contribution >= 4 is 15.9 Å². The first kappa shape index (κ1) is 22.1. The van der Waals surface area contributed by atoms with Gasteiger partial charge in [-0.15, -0.1) is 0 Å². The van der Waals surface area contributed by atoms with Gasteiger partial charge in [-0.2, -0.15) is 4.31 Å². The number of hydrogen-bond acceptors (Lipinski definition) is 5. The van der Waals surface area contributed by atoms with Crippen LogP contribution in [0.2, 0.25) is 0 Å². The summed E-state index contributed by atoms with van der Waals surface area (Å²) in [6.07, 6.45) is 4.77. The van der Waals surface area contributed by atoms with E-state index in [1.54, 1.807) is 15.3 Å². The van der Waals surface area contributed by atoms with Gasteiger partial charge in [0.15, 0.2) is 0 Å². The van der Waals surface area contributed by atoms with Crippen LogP contribution in [0.3, 0.4) is 0 Å². The first-order valence-electron chi connectivity index (χ1n) is 10.5. The molecule has 0 saturated carbocycles. The number of benzene rings is 1. The third-order valence-corrected chi connectivity index (χ3v) is 7.67. The molecular weight excluding hydrogens is 392 g/mol. The van der Waals surface area contributed by atoms with Crippen molar-refractivity contribution in [3.63, 3.8) is 0 Å². The van der Waals surface area contributed by atoms with E-state index in [-0.39, 0.29) is 10.8 Å². The number of hydrogen-bond donors (Lipinski definition) is 0. The highest BCUT2D eigenvalue weighted by atomic mass is 32.2. The number of ether oxygens (including phenoxy) is 2. The average Bonchev–Trinajstić information content (AvgIpc) is 3.09. The third-order valence-electron chi connectivity index (χ3n) is 5.78. The SMILES string of the molecule is CCN(CC1CCOC1)C(=O)c1cc(S(=O)(=O)N2CCCCCC2)ccc1OC. The number of rotatable bonds is 7. The van der Waals surface area contributed by atoms with Crippen LogP contribution in [0.1, 0.15) is 49.4 Å². The lowest BCUT2D eigenvalue weighted by atomic mass is 10.1. The van der Waals surface area contributed by atoms with Crippen molar-refractivity contribution in [2.75, 3.05) is 46.5 Å². The Morgan fingerprint density at radius 2 is 1.97 bits per heavy atom. The van der Waals surface area contributed by atoms with Gasteiger partial charge in [0.1, 0.15) is 5.75 Å². The van der Waals surface area contributed by atoms with Crippen molar-refractivity contribution in [2.24, 2.45) is 5.92 Å². The first-order chi connectivity index (χ1) is 14.0. The van der Waals surface area contributed by atoms with Gasteiger partial charge in [-0.25, -0.2) is 8.42 Å². The Balaban J connectivity index is 1.88. The summed E-state index contributed by atoms with van der Waals surface area (Å²) < 4.78 is 38.7. The van der Waals surface area contributed by atoms with Crippen LogP contribution in [0.15, 0.2) is 23.1 Å². The average molecular weight is 425 g/mol. The molecule has 8 heteroatoms. The summed E-state index contributed by atoms with van der Waals surface area (Å²) in [6, 6.07) is 4.61. The molecule has 1 amide bonds. The molecule has 3 rings (SSSR count). The Kier molecular flexibility index (Phi) is 7.54. The minimum absolute atomic E-state index is 0.156. The molecular formula is C21H32N2O5S. The van der Waals surface area contributed by atoms with Crippen LogP contribution in [0, 0.1) is 5.92 Å².